The highest BCUT2D eigenvalue weighted by molar-refractivity contribution is 5.82. The molecule has 92 valence electrons. The second kappa shape index (κ2) is 6.27. The fourth-order valence-electron chi connectivity index (χ4n) is 1.29. The number of likely N-dealkylation sites (N-methyl/N-ethyl adjacent to an activating group) is 1. The molecule has 1 N–H and O–H groups in total. The lowest BCUT2D eigenvalue weighted by atomic mass is 10.2. The molecule has 0 fully saturated rings. The van der Waals surface area contributed by atoms with Crippen LogP contribution in [0.15, 0.2) is 12.2 Å². The Balaban J connectivity index is 4.43. The van der Waals surface area contributed by atoms with Gasteiger partial charge in [0.15, 0.2) is 6.10 Å². The Morgan fingerprint density at radius 3 is 2.31 bits per heavy atom. The number of quaternary nitrogens is 1. The largest absolute Gasteiger partial charge is 0.481 e. The zero-order valence-electron chi connectivity index (χ0n) is 10.3. The number of carbonyl (C=O) groups excluding carboxylic acids is 1. The molecule has 0 rings (SSSR count). The summed E-state index contributed by atoms with van der Waals surface area (Å²) in [6, 6.07) is 0. The van der Waals surface area contributed by atoms with Gasteiger partial charge in [-0.2, -0.15) is 0 Å². The first kappa shape index (κ1) is 14.6. The highest BCUT2D eigenvalue weighted by Crippen LogP contribution is 2.05. The van der Waals surface area contributed by atoms with Gasteiger partial charge in [0.05, 0.1) is 27.6 Å². The molecule has 0 heterocycles. The summed E-state index contributed by atoms with van der Waals surface area (Å²) in [5.74, 6) is -1.46. The van der Waals surface area contributed by atoms with Crippen LogP contribution >= 0.6 is 0 Å². The molecule has 1 atom stereocenters. The van der Waals surface area contributed by atoms with Gasteiger partial charge in [0.25, 0.3) is 0 Å². The molecule has 0 aliphatic rings. The molecule has 0 spiro atoms. The van der Waals surface area contributed by atoms with E-state index in [1.165, 1.54) is 6.08 Å². The number of rotatable bonds is 6. The molecular weight excluding hydrogens is 210 g/mol. The number of ether oxygens (including phenoxy) is 1. The molecule has 0 aliphatic heterocycles. The minimum Gasteiger partial charge on any atom is -0.481 e. The van der Waals surface area contributed by atoms with Crippen LogP contribution in [0.5, 0.6) is 0 Å². The number of hydrogen-bond donors (Lipinski definition) is 1. The van der Waals surface area contributed by atoms with Crippen LogP contribution in [0.4, 0.5) is 0 Å². The topological polar surface area (TPSA) is 63.6 Å². The van der Waals surface area contributed by atoms with E-state index in [-0.39, 0.29) is 6.42 Å². The maximum Gasteiger partial charge on any atom is 0.330 e. The predicted molar refractivity (Wildman–Crippen MR) is 59.8 cm³/mol. The van der Waals surface area contributed by atoms with Gasteiger partial charge in [-0.15, -0.1) is 0 Å². The second-order valence-corrected chi connectivity index (χ2v) is 4.63. The van der Waals surface area contributed by atoms with Crippen LogP contribution in [0.2, 0.25) is 0 Å². The van der Waals surface area contributed by atoms with Gasteiger partial charge in [0.1, 0.15) is 6.54 Å². The summed E-state index contributed by atoms with van der Waals surface area (Å²) in [4.78, 5) is 21.8. The molecule has 0 amide bonds. The molecule has 0 saturated heterocycles. The third-order valence-electron chi connectivity index (χ3n) is 1.74. The van der Waals surface area contributed by atoms with Crippen LogP contribution in [0, 0.1) is 0 Å². The summed E-state index contributed by atoms with van der Waals surface area (Å²) < 4.78 is 5.60. The normalized spacial score (nSPS) is 13.8. The molecule has 0 aliphatic carbocycles. The third-order valence-corrected chi connectivity index (χ3v) is 1.74. The molecule has 5 nitrogen and oxygen atoms in total. The average Bonchev–Trinajstić information content (AvgIpc) is 1.98. The number of aliphatic carboxylic acids is 1. The van der Waals surface area contributed by atoms with Crippen molar-refractivity contribution in [3.05, 3.63) is 12.2 Å². The molecule has 5 heteroatoms. The van der Waals surface area contributed by atoms with Crippen molar-refractivity contribution in [1.29, 1.82) is 0 Å². The molecule has 0 aromatic carbocycles. The summed E-state index contributed by atoms with van der Waals surface area (Å²) in [6.07, 6.45) is 2.08. The van der Waals surface area contributed by atoms with Crippen LogP contribution in [0.3, 0.4) is 0 Å². The Morgan fingerprint density at radius 1 is 1.38 bits per heavy atom. The van der Waals surface area contributed by atoms with Crippen LogP contribution in [0.25, 0.3) is 0 Å². The van der Waals surface area contributed by atoms with Crippen LogP contribution < -0.4 is 0 Å². The van der Waals surface area contributed by atoms with Crippen LogP contribution in [-0.2, 0) is 14.3 Å². The average molecular weight is 230 g/mol. The van der Waals surface area contributed by atoms with Gasteiger partial charge in [-0.05, 0) is 6.92 Å². The molecule has 0 saturated carbocycles. The number of allylic oxidation sites excluding steroid dienone is 1. The summed E-state index contributed by atoms with van der Waals surface area (Å²) in [5.41, 5.74) is 0. The van der Waals surface area contributed by atoms with Crippen molar-refractivity contribution in [3.8, 4) is 0 Å². The quantitative estimate of drug-likeness (QED) is 0.413. The lowest BCUT2D eigenvalue weighted by molar-refractivity contribution is -0.873. The molecule has 0 radical (unpaired) electrons. The highest BCUT2D eigenvalue weighted by Gasteiger charge is 2.23. The molecule has 0 aromatic rings. The van der Waals surface area contributed by atoms with Gasteiger partial charge in [-0.3, -0.25) is 4.79 Å². The zero-order valence-corrected chi connectivity index (χ0v) is 10.3. The summed E-state index contributed by atoms with van der Waals surface area (Å²) in [7, 11) is 5.75. The van der Waals surface area contributed by atoms with Crippen molar-refractivity contribution >= 4 is 11.9 Å². The summed E-state index contributed by atoms with van der Waals surface area (Å²) in [6.45, 7) is 2.17. The SMILES string of the molecule is CC=CC(=O)OC(CC(=O)O)C[N+](C)(C)C. The van der Waals surface area contributed by atoms with Crippen molar-refractivity contribution in [2.45, 2.75) is 19.4 Å². The molecule has 0 aromatic heterocycles. The maximum absolute atomic E-state index is 11.2. The monoisotopic (exact) mass is 230 g/mol. The zero-order chi connectivity index (χ0) is 12.8. The van der Waals surface area contributed by atoms with E-state index >= 15 is 0 Å². The molecule has 16 heavy (non-hydrogen) atoms. The van der Waals surface area contributed by atoms with Crippen molar-refractivity contribution < 1.29 is 23.9 Å². The number of hydrogen-bond acceptors (Lipinski definition) is 3. The van der Waals surface area contributed by atoms with E-state index in [9.17, 15) is 9.59 Å². The van der Waals surface area contributed by atoms with Gasteiger partial charge in [-0.25, -0.2) is 4.79 Å². The fraction of sp³-hybridized carbons (Fsp3) is 0.636. The third kappa shape index (κ3) is 7.99. The van der Waals surface area contributed by atoms with E-state index in [2.05, 4.69) is 0 Å². The highest BCUT2D eigenvalue weighted by atomic mass is 16.5. The van der Waals surface area contributed by atoms with Crippen molar-refractivity contribution in [2.75, 3.05) is 27.7 Å². The van der Waals surface area contributed by atoms with Crippen LogP contribution in [0.1, 0.15) is 13.3 Å². The van der Waals surface area contributed by atoms with Gasteiger partial charge in [0, 0.05) is 6.08 Å². The Morgan fingerprint density at radius 2 is 1.94 bits per heavy atom. The van der Waals surface area contributed by atoms with Gasteiger partial charge in [0.2, 0.25) is 0 Å². The predicted octanol–water partition coefficient (Wildman–Crippen LogP) is 0.655. The van der Waals surface area contributed by atoms with E-state index in [1.54, 1.807) is 13.0 Å². The standard InChI is InChI=1S/C11H19NO4/c1-5-6-11(15)16-9(7-10(13)14)8-12(2,3)4/h5-6,9H,7-8H2,1-4H3/p+1. The Bertz CT molecular complexity index is 278. The Kier molecular flexibility index (Phi) is 5.74. The minimum atomic E-state index is -0.966. The minimum absolute atomic E-state index is 0.168. The van der Waals surface area contributed by atoms with Crippen molar-refractivity contribution in [2.24, 2.45) is 0 Å². The first-order chi connectivity index (χ1) is 7.24. The number of carboxylic acid groups (broad SMARTS) is 1. The molecule has 0 bridgehead atoms. The van der Waals surface area contributed by atoms with Gasteiger partial charge < -0.3 is 14.3 Å². The second-order valence-electron chi connectivity index (χ2n) is 4.63. The molecule has 1 unspecified atom stereocenters. The van der Waals surface area contributed by atoms with Crippen LogP contribution in [-0.4, -0.2) is 55.3 Å². The Hall–Kier alpha value is -1.36. The summed E-state index contributed by atoms with van der Waals surface area (Å²) in [5, 5.41) is 8.71. The Labute approximate surface area is 95.9 Å². The van der Waals surface area contributed by atoms with E-state index in [0.717, 1.165) is 0 Å². The van der Waals surface area contributed by atoms with Crippen molar-refractivity contribution in [3.63, 3.8) is 0 Å². The first-order valence-corrected chi connectivity index (χ1v) is 5.10. The number of carbonyl (C=O) groups is 2. The molecular formula is C11H20NO4+. The summed E-state index contributed by atoms with van der Waals surface area (Å²) >= 11 is 0. The maximum atomic E-state index is 11.2. The lowest BCUT2D eigenvalue weighted by Gasteiger charge is -2.28. The van der Waals surface area contributed by atoms with E-state index in [4.69, 9.17) is 9.84 Å². The van der Waals surface area contributed by atoms with Gasteiger partial charge in [-0.1, -0.05) is 6.08 Å². The fourth-order valence-corrected chi connectivity index (χ4v) is 1.29. The smallest absolute Gasteiger partial charge is 0.330 e. The van der Waals surface area contributed by atoms with E-state index in [0.29, 0.717) is 11.0 Å². The number of esters is 1. The first-order valence-electron chi connectivity index (χ1n) is 5.10. The number of carboxylic acids is 1. The van der Waals surface area contributed by atoms with Gasteiger partial charge >= 0.3 is 11.9 Å². The number of nitrogens with zero attached hydrogens (tertiary/aromatic N) is 1. The van der Waals surface area contributed by atoms with E-state index < -0.39 is 18.0 Å². The lowest BCUT2D eigenvalue weighted by Crippen LogP contribution is -2.43. The van der Waals surface area contributed by atoms with Crippen molar-refractivity contribution in [1.82, 2.24) is 0 Å². The van der Waals surface area contributed by atoms with E-state index in [1.807, 2.05) is 21.1 Å².